The largest absolute Gasteiger partial charge is 0.548 e. The molecule has 0 saturated heterocycles. The Morgan fingerprint density at radius 1 is 1.12 bits per heavy atom. The van der Waals surface area contributed by atoms with E-state index in [1.54, 1.807) is 18.3 Å². The molecule has 0 aliphatic rings. The first-order valence-electron chi connectivity index (χ1n) is 7.37. The highest BCUT2D eigenvalue weighted by Gasteiger charge is 2.17. The summed E-state index contributed by atoms with van der Waals surface area (Å²) in [4.78, 5) is 26.7. The Kier molecular flexibility index (Phi) is 4.53. The molecule has 0 spiro atoms. The molecular weight excluding hydrogens is 328 g/mol. The third kappa shape index (κ3) is 3.41. The summed E-state index contributed by atoms with van der Waals surface area (Å²) in [5, 5.41) is 15.3. The smallest absolute Gasteiger partial charge is 0.251 e. The summed E-state index contributed by atoms with van der Waals surface area (Å²) in [6, 6.07) is 12.7. The van der Waals surface area contributed by atoms with E-state index in [1.807, 2.05) is 24.3 Å². The average molecular weight is 342 g/mol. The molecule has 0 aliphatic heterocycles. The van der Waals surface area contributed by atoms with Gasteiger partial charge in [0.15, 0.2) is 0 Å². The van der Waals surface area contributed by atoms with Crippen LogP contribution in [0.25, 0.3) is 10.9 Å². The number of aliphatic carboxylic acids is 1. The lowest BCUT2D eigenvalue weighted by Crippen LogP contribution is -2.49. The number of carboxylic acid groups (broad SMARTS) is 1. The third-order valence-corrected chi connectivity index (χ3v) is 4.05. The number of H-pyrrole nitrogens is 1. The molecule has 3 rings (SSSR count). The van der Waals surface area contributed by atoms with Crippen LogP contribution in [-0.2, 0) is 11.2 Å². The van der Waals surface area contributed by atoms with Gasteiger partial charge in [0, 0.05) is 34.1 Å². The van der Waals surface area contributed by atoms with Crippen molar-refractivity contribution in [1.29, 1.82) is 0 Å². The molecule has 24 heavy (non-hydrogen) atoms. The highest BCUT2D eigenvalue weighted by molar-refractivity contribution is 6.30. The van der Waals surface area contributed by atoms with E-state index in [1.165, 1.54) is 12.1 Å². The predicted octanol–water partition coefficient (Wildman–Crippen LogP) is 1.91. The molecule has 0 radical (unpaired) electrons. The van der Waals surface area contributed by atoms with Gasteiger partial charge in [0.2, 0.25) is 0 Å². The topological polar surface area (TPSA) is 85.0 Å². The minimum atomic E-state index is -1.33. The summed E-state index contributed by atoms with van der Waals surface area (Å²) in [5.74, 6) is -1.82. The average Bonchev–Trinajstić information content (AvgIpc) is 2.98. The van der Waals surface area contributed by atoms with E-state index in [4.69, 9.17) is 11.6 Å². The number of aromatic amines is 1. The van der Waals surface area contributed by atoms with Gasteiger partial charge in [-0.3, -0.25) is 4.79 Å². The molecule has 6 heteroatoms. The van der Waals surface area contributed by atoms with Crippen LogP contribution < -0.4 is 10.4 Å². The second kappa shape index (κ2) is 6.76. The van der Waals surface area contributed by atoms with Gasteiger partial charge in [-0.15, -0.1) is 0 Å². The fourth-order valence-corrected chi connectivity index (χ4v) is 2.68. The molecule has 5 nitrogen and oxygen atoms in total. The van der Waals surface area contributed by atoms with Crippen molar-refractivity contribution < 1.29 is 14.7 Å². The fourth-order valence-electron chi connectivity index (χ4n) is 2.56. The Morgan fingerprint density at radius 3 is 2.54 bits per heavy atom. The molecule has 0 bridgehead atoms. The van der Waals surface area contributed by atoms with Crippen LogP contribution in [0, 0.1) is 0 Å². The van der Waals surface area contributed by atoms with Crippen LogP contribution in [-0.4, -0.2) is 22.9 Å². The Balaban J connectivity index is 1.79. The van der Waals surface area contributed by atoms with Gasteiger partial charge in [0.05, 0.1) is 12.0 Å². The van der Waals surface area contributed by atoms with Gasteiger partial charge in [0.1, 0.15) is 0 Å². The minimum Gasteiger partial charge on any atom is -0.548 e. The van der Waals surface area contributed by atoms with E-state index in [0.29, 0.717) is 10.6 Å². The molecular formula is C18H14ClN2O3-. The normalized spacial score (nSPS) is 12.0. The number of hydrogen-bond donors (Lipinski definition) is 2. The number of aromatic nitrogens is 1. The van der Waals surface area contributed by atoms with E-state index >= 15 is 0 Å². The van der Waals surface area contributed by atoms with Crippen LogP contribution in [0.4, 0.5) is 0 Å². The predicted molar refractivity (Wildman–Crippen MR) is 89.7 cm³/mol. The van der Waals surface area contributed by atoms with Crippen LogP contribution in [0.1, 0.15) is 15.9 Å². The number of rotatable bonds is 5. The zero-order valence-electron chi connectivity index (χ0n) is 12.6. The molecule has 1 heterocycles. The van der Waals surface area contributed by atoms with Crippen LogP contribution >= 0.6 is 11.6 Å². The van der Waals surface area contributed by atoms with Crippen LogP contribution in [0.2, 0.25) is 5.02 Å². The quantitative estimate of drug-likeness (QED) is 0.743. The maximum Gasteiger partial charge on any atom is 0.251 e. The van der Waals surface area contributed by atoms with Gasteiger partial charge >= 0.3 is 0 Å². The molecule has 2 N–H and O–H groups in total. The number of benzene rings is 2. The van der Waals surface area contributed by atoms with E-state index < -0.39 is 17.9 Å². The molecule has 1 atom stereocenters. The summed E-state index contributed by atoms with van der Waals surface area (Å²) in [6.07, 6.45) is 1.88. The summed E-state index contributed by atoms with van der Waals surface area (Å²) in [5.41, 5.74) is 2.05. The number of carbonyl (C=O) groups excluding carboxylic acids is 2. The van der Waals surface area contributed by atoms with Crippen molar-refractivity contribution in [3.63, 3.8) is 0 Å². The van der Waals surface area contributed by atoms with Crippen LogP contribution in [0.3, 0.4) is 0 Å². The number of fused-ring (bicyclic) bond motifs is 1. The van der Waals surface area contributed by atoms with Gasteiger partial charge in [0.25, 0.3) is 5.91 Å². The number of amides is 1. The summed E-state index contributed by atoms with van der Waals surface area (Å²) in [7, 11) is 0. The maximum absolute atomic E-state index is 12.2. The summed E-state index contributed by atoms with van der Waals surface area (Å²) < 4.78 is 0. The number of carbonyl (C=O) groups is 2. The number of hydrogen-bond acceptors (Lipinski definition) is 3. The molecule has 0 aliphatic carbocycles. The summed E-state index contributed by atoms with van der Waals surface area (Å²) in [6.45, 7) is 0. The minimum absolute atomic E-state index is 0.131. The molecule has 1 amide bonds. The monoisotopic (exact) mass is 341 g/mol. The van der Waals surface area contributed by atoms with Crippen molar-refractivity contribution in [2.75, 3.05) is 0 Å². The van der Waals surface area contributed by atoms with Crippen molar-refractivity contribution >= 4 is 34.4 Å². The molecule has 0 unspecified atom stereocenters. The van der Waals surface area contributed by atoms with Gasteiger partial charge in [-0.25, -0.2) is 0 Å². The first-order valence-corrected chi connectivity index (χ1v) is 7.74. The lowest BCUT2D eigenvalue weighted by atomic mass is 10.0. The van der Waals surface area contributed by atoms with E-state index in [0.717, 1.165) is 16.5 Å². The Labute approximate surface area is 143 Å². The maximum atomic E-state index is 12.2. The third-order valence-electron chi connectivity index (χ3n) is 3.80. The van der Waals surface area contributed by atoms with Gasteiger partial charge in [-0.2, -0.15) is 0 Å². The van der Waals surface area contributed by atoms with Crippen LogP contribution in [0.5, 0.6) is 0 Å². The van der Waals surface area contributed by atoms with Gasteiger partial charge < -0.3 is 20.2 Å². The van der Waals surface area contributed by atoms with Gasteiger partial charge in [-0.1, -0.05) is 29.8 Å². The number of halogens is 1. The van der Waals surface area contributed by atoms with E-state index in [-0.39, 0.29) is 6.42 Å². The van der Waals surface area contributed by atoms with E-state index in [2.05, 4.69) is 10.3 Å². The second-order valence-electron chi connectivity index (χ2n) is 5.42. The number of para-hydroxylation sites is 1. The lowest BCUT2D eigenvalue weighted by molar-refractivity contribution is -0.308. The Morgan fingerprint density at radius 2 is 1.83 bits per heavy atom. The van der Waals surface area contributed by atoms with Crippen molar-refractivity contribution in [3.8, 4) is 0 Å². The molecule has 0 fully saturated rings. The summed E-state index contributed by atoms with van der Waals surface area (Å²) >= 11 is 5.78. The highest BCUT2D eigenvalue weighted by Crippen LogP contribution is 2.19. The zero-order valence-corrected chi connectivity index (χ0v) is 13.3. The first-order chi connectivity index (χ1) is 11.5. The molecule has 0 saturated carbocycles. The molecule has 122 valence electrons. The zero-order chi connectivity index (χ0) is 17.1. The van der Waals surface area contributed by atoms with Crippen LogP contribution in [0.15, 0.2) is 54.7 Å². The van der Waals surface area contributed by atoms with E-state index in [9.17, 15) is 14.7 Å². The Bertz CT molecular complexity index is 887. The molecule has 2 aromatic carbocycles. The van der Waals surface area contributed by atoms with Crippen molar-refractivity contribution in [2.24, 2.45) is 0 Å². The first kappa shape index (κ1) is 16.1. The van der Waals surface area contributed by atoms with Crippen molar-refractivity contribution in [1.82, 2.24) is 10.3 Å². The highest BCUT2D eigenvalue weighted by atomic mass is 35.5. The lowest BCUT2D eigenvalue weighted by Gasteiger charge is -2.19. The fraction of sp³-hybridized carbons (Fsp3) is 0.111. The SMILES string of the molecule is O=C(N[C@@H](Cc1c[nH]c2ccccc12)C(=O)[O-])c1ccc(Cl)cc1. The molecule has 3 aromatic rings. The number of carboxylic acids is 1. The van der Waals surface area contributed by atoms with Crippen molar-refractivity contribution in [2.45, 2.75) is 12.5 Å². The Hall–Kier alpha value is -2.79. The van der Waals surface area contributed by atoms with Crippen molar-refractivity contribution in [3.05, 3.63) is 70.9 Å². The molecule has 1 aromatic heterocycles. The number of nitrogens with one attached hydrogen (secondary N) is 2. The standard InChI is InChI=1S/C18H15ClN2O3/c19-13-7-5-11(6-8-13)17(22)21-16(18(23)24)9-12-10-20-15-4-2-1-3-14(12)15/h1-8,10,16,20H,9H2,(H,21,22)(H,23,24)/p-1/t16-/m0/s1. The second-order valence-corrected chi connectivity index (χ2v) is 5.85. The van der Waals surface area contributed by atoms with Gasteiger partial charge in [-0.05, 0) is 35.9 Å².